The van der Waals surface area contributed by atoms with E-state index in [1.165, 1.54) is 12.1 Å². The lowest BCUT2D eigenvalue weighted by molar-refractivity contribution is 0.0692. The largest absolute Gasteiger partial charge is 0.478 e. The number of hydrogen-bond donors (Lipinski definition) is 2. The van der Waals surface area contributed by atoms with Gasteiger partial charge in [0, 0.05) is 16.1 Å². The summed E-state index contributed by atoms with van der Waals surface area (Å²) in [7, 11) is 0. The molecule has 1 aromatic rings. The Kier molecular flexibility index (Phi) is 3.02. The molecule has 1 rings (SSSR count). The second-order valence-corrected chi connectivity index (χ2v) is 2.67. The van der Waals surface area contributed by atoms with Crippen molar-refractivity contribution in [2.75, 3.05) is 0 Å². The molecule has 0 bridgehead atoms. The van der Waals surface area contributed by atoms with Gasteiger partial charge in [-0.15, -0.1) is 0 Å². The molecule has 0 aromatic heterocycles. The van der Waals surface area contributed by atoms with E-state index in [4.69, 9.17) is 5.11 Å². The maximum absolute atomic E-state index is 11.1. The maximum atomic E-state index is 11.1. The Hall–Kier alpha value is -1.36. The molecule has 1 aromatic carbocycles. The third kappa shape index (κ3) is 2.06. The van der Waals surface area contributed by atoms with E-state index in [2.05, 4.69) is 20.5 Å². The lowest BCUT2D eigenvalue weighted by atomic mass is 10.1. The Bertz CT molecular complexity index is 351. The highest BCUT2D eigenvalue weighted by molar-refractivity contribution is 9.08. The number of aromatic carboxylic acids is 1. The van der Waals surface area contributed by atoms with Gasteiger partial charge in [-0.3, -0.25) is 9.14 Å². The van der Waals surface area contributed by atoms with Crippen LogP contribution in [-0.2, 0) is 0 Å². The molecule has 13 heavy (non-hydrogen) atoms. The van der Waals surface area contributed by atoms with E-state index in [-0.39, 0.29) is 11.1 Å². The molecule has 0 radical (unpaired) electrons. The number of nitrogens with one attached hydrogen (secondary N) is 1. The van der Waals surface area contributed by atoms with Gasteiger partial charge in [-0.05, 0) is 12.1 Å². The van der Waals surface area contributed by atoms with Gasteiger partial charge in [0.25, 0.3) is 5.91 Å². The van der Waals surface area contributed by atoms with Gasteiger partial charge < -0.3 is 5.11 Å². The van der Waals surface area contributed by atoms with E-state index in [1.807, 2.05) is 0 Å². The number of amides is 1. The summed E-state index contributed by atoms with van der Waals surface area (Å²) in [6.07, 6.45) is 0. The minimum absolute atomic E-state index is 0.0144. The van der Waals surface area contributed by atoms with E-state index in [0.717, 1.165) is 0 Å². The second kappa shape index (κ2) is 4.04. The van der Waals surface area contributed by atoms with E-state index >= 15 is 0 Å². The topological polar surface area (TPSA) is 66.4 Å². The zero-order valence-electron chi connectivity index (χ0n) is 6.45. The molecule has 5 heteroatoms. The molecule has 0 fully saturated rings. The molecule has 4 nitrogen and oxygen atoms in total. The summed E-state index contributed by atoms with van der Waals surface area (Å²) in [5.41, 5.74) is 0.117. The average Bonchev–Trinajstić information content (AvgIpc) is 2.16. The zero-order valence-corrected chi connectivity index (χ0v) is 8.04. The van der Waals surface area contributed by atoms with Crippen molar-refractivity contribution in [3.8, 4) is 0 Å². The van der Waals surface area contributed by atoms with Crippen LogP contribution in [0.2, 0.25) is 0 Å². The Labute approximate surface area is 82.9 Å². The van der Waals surface area contributed by atoms with Crippen LogP contribution < -0.4 is 4.34 Å². The molecule has 0 saturated carbocycles. The normalized spacial score (nSPS) is 9.31. The van der Waals surface area contributed by atoms with Crippen LogP contribution in [0.1, 0.15) is 20.7 Å². The van der Waals surface area contributed by atoms with E-state index in [1.54, 1.807) is 12.1 Å². The van der Waals surface area contributed by atoms with Gasteiger partial charge >= 0.3 is 5.97 Å². The summed E-state index contributed by atoms with van der Waals surface area (Å²) < 4.78 is 2.19. The van der Waals surface area contributed by atoms with Gasteiger partial charge in [-0.25, -0.2) is 4.79 Å². The first-order valence-corrected chi connectivity index (χ1v) is 4.19. The third-order valence-electron chi connectivity index (χ3n) is 1.49. The van der Waals surface area contributed by atoms with Crippen molar-refractivity contribution in [2.24, 2.45) is 0 Å². The van der Waals surface area contributed by atoms with Crippen molar-refractivity contribution in [1.29, 1.82) is 0 Å². The number of carboxylic acid groups (broad SMARTS) is 1. The number of carbonyl (C=O) groups excluding carboxylic acids is 1. The Balaban J connectivity index is 3.19. The molecule has 0 aliphatic heterocycles. The molecule has 0 saturated heterocycles. The van der Waals surface area contributed by atoms with Crippen LogP contribution in [0, 0.1) is 0 Å². The molecule has 0 unspecified atom stereocenters. The summed E-state index contributed by atoms with van der Waals surface area (Å²) in [6.45, 7) is 0. The third-order valence-corrected chi connectivity index (χ3v) is 1.85. The van der Waals surface area contributed by atoms with Crippen LogP contribution in [0.15, 0.2) is 24.3 Å². The highest BCUT2D eigenvalue weighted by Gasteiger charge is 2.14. The first kappa shape index (κ1) is 9.73. The van der Waals surface area contributed by atoms with Crippen molar-refractivity contribution < 1.29 is 14.7 Å². The van der Waals surface area contributed by atoms with Crippen LogP contribution in [0.5, 0.6) is 0 Å². The van der Waals surface area contributed by atoms with Gasteiger partial charge in [0.2, 0.25) is 0 Å². The van der Waals surface area contributed by atoms with E-state index < -0.39 is 11.9 Å². The van der Waals surface area contributed by atoms with Crippen molar-refractivity contribution >= 4 is 28.0 Å². The van der Waals surface area contributed by atoms with Crippen molar-refractivity contribution in [1.82, 2.24) is 4.34 Å². The number of carboxylic acids is 1. The van der Waals surface area contributed by atoms with E-state index in [0.29, 0.717) is 0 Å². The number of carbonyl (C=O) groups is 2. The summed E-state index contributed by atoms with van der Waals surface area (Å²) in [5, 5.41) is 8.71. The standard InChI is InChI=1S/C8H6BrNO3/c9-10-7(11)5-3-1-2-4-6(5)8(12)13/h1-4H,(H,10,11)(H,12,13). The molecule has 2 N–H and O–H groups in total. The molecule has 0 spiro atoms. The lowest BCUT2D eigenvalue weighted by Gasteiger charge is -2.01. The fraction of sp³-hybridized carbons (Fsp3) is 0. The monoisotopic (exact) mass is 243 g/mol. The molecule has 0 aliphatic carbocycles. The molecular formula is C8H6BrNO3. The van der Waals surface area contributed by atoms with Gasteiger partial charge in [-0.2, -0.15) is 0 Å². The fourth-order valence-electron chi connectivity index (χ4n) is 0.919. The first-order valence-electron chi connectivity index (χ1n) is 3.40. The smallest absolute Gasteiger partial charge is 0.336 e. The van der Waals surface area contributed by atoms with Crippen LogP contribution >= 0.6 is 16.1 Å². The maximum Gasteiger partial charge on any atom is 0.336 e. The van der Waals surface area contributed by atoms with Gasteiger partial charge in [0.05, 0.1) is 11.1 Å². The summed E-state index contributed by atoms with van der Waals surface area (Å²) in [6, 6.07) is 5.98. The predicted octanol–water partition coefficient (Wildman–Crippen LogP) is 1.42. The van der Waals surface area contributed by atoms with Gasteiger partial charge in [0.1, 0.15) is 0 Å². The number of benzene rings is 1. The quantitative estimate of drug-likeness (QED) is 0.773. The van der Waals surface area contributed by atoms with Crippen LogP contribution in [-0.4, -0.2) is 17.0 Å². The molecule has 0 aliphatic rings. The van der Waals surface area contributed by atoms with E-state index in [9.17, 15) is 9.59 Å². The Morgan fingerprint density at radius 1 is 1.23 bits per heavy atom. The van der Waals surface area contributed by atoms with Gasteiger partial charge in [0.15, 0.2) is 0 Å². The molecular weight excluding hydrogens is 238 g/mol. The Morgan fingerprint density at radius 2 is 1.77 bits per heavy atom. The Morgan fingerprint density at radius 3 is 2.23 bits per heavy atom. The predicted molar refractivity (Wildman–Crippen MR) is 49.8 cm³/mol. The van der Waals surface area contributed by atoms with Crippen LogP contribution in [0.4, 0.5) is 0 Å². The van der Waals surface area contributed by atoms with Crippen LogP contribution in [0.3, 0.4) is 0 Å². The summed E-state index contributed by atoms with van der Waals surface area (Å²) in [5.74, 6) is -1.59. The molecule has 0 heterocycles. The SMILES string of the molecule is O=C(O)c1ccccc1C(=O)NBr. The van der Waals surface area contributed by atoms with Crippen molar-refractivity contribution in [3.63, 3.8) is 0 Å². The summed E-state index contributed by atoms with van der Waals surface area (Å²) in [4.78, 5) is 21.8. The zero-order chi connectivity index (χ0) is 9.84. The second-order valence-electron chi connectivity index (χ2n) is 2.27. The first-order chi connectivity index (χ1) is 6.16. The molecule has 0 atom stereocenters. The molecule has 1 amide bonds. The highest BCUT2D eigenvalue weighted by atomic mass is 79.9. The number of halogens is 1. The lowest BCUT2D eigenvalue weighted by Crippen LogP contribution is -2.16. The minimum atomic E-state index is -1.12. The molecule has 68 valence electrons. The van der Waals surface area contributed by atoms with Crippen LogP contribution in [0.25, 0.3) is 0 Å². The highest BCUT2D eigenvalue weighted by Crippen LogP contribution is 2.08. The minimum Gasteiger partial charge on any atom is -0.478 e. The number of hydrogen-bond acceptors (Lipinski definition) is 2. The summed E-state index contributed by atoms with van der Waals surface area (Å²) >= 11 is 2.74. The number of rotatable bonds is 2. The van der Waals surface area contributed by atoms with Gasteiger partial charge in [-0.1, -0.05) is 12.1 Å². The van der Waals surface area contributed by atoms with Crippen molar-refractivity contribution in [3.05, 3.63) is 35.4 Å². The fourth-order valence-corrected chi connectivity index (χ4v) is 1.13. The average molecular weight is 244 g/mol. The van der Waals surface area contributed by atoms with Crippen molar-refractivity contribution in [2.45, 2.75) is 0 Å².